The van der Waals surface area contributed by atoms with Gasteiger partial charge < -0.3 is 23.3 Å². The van der Waals surface area contributed by atoms with Crippen molar-refractivity contribution in [2.24, 2.45) is 17.3 Å². The van der Waals surface area contributed by atoms with E-state index in [0.29, 0.717) is 30.8 Å². The van der Waals surface area contributed by atoms with Crippen molar-refractivity contribution in [2.45, 2.75) is 72.6 Å². The van der Waals surface area contributed by atoms with Crippen molar-refractivity contribution < 1.29 is 27.8 Å². The maximum Gasteiger partial charge on any atom is 0.335 e. The first-order valence-corrected chi connectivity index (χ1v) is 13.2. The van der Waals surface area contributed by atoms with Crippen molar-refractivity contribution >= 4 is 7.60 Å². The zero-order valence-corrected chi connectivity index (χ0v) is 21.1. The number of ether oxygens (including phenoxy) is 3. The van der Waals surface area contributed by atoms with Crippen molar-refractivity contribution in [1.82, 2.24) is 0 Å². The molecular formula is C24H39O6P. The molecule has 176 valence electrons. The van der Waals surface area contributed by atoms with Gasteiger partial charge in [0.1, 0.15) is 5.60 Å². The third-order valence-electron chi connectivity index (χ3n) is 7.29. The molecule has 1 heterocycles. The topological polar surface area (TPSA) is 63.2 Å². The summed E-state index contributed by atoms with van der Waals surface area (Å²) in [4.78, 5) is 0. The van der Waals surface area contributed by atoms with E-state index in [4.69, 9.17) is 23.3 Å². The number of rotatable bonds is 9. The highest BCUT2D eigenvalue weighted by Gasteiger charge is 2.54. The minimum absolute atomic E-state index is 0.122. The fourth-order valence-electron chi connectivity index (χ4n) is 5.29. The largest absolute Gasteiger partial charge is 0.483 e. The lowest BCUT2D eigenvalue weighted by molar-refractivity contribution is -0.107. The minimum atomic E-state index is -3.23. The zero-order valence-electron chi connectivity index (χ0n) is 20.2. The van der Waals surface area contributed by atoms with Crippen LogP contribution in [0.5, 0.6) is 11.5 Å². The quantitative estimate of drug-likeness (QED) is 0.327. The smallest absolute Gasteiger partial charge is 0.335 e. The Labute approximate surface area is 187 Å². The second kappa shape index (κ2) is 9.43. The van der Waals surface area contributed by atoms with Crippen LogP contribution in [-0.4, -0.2) is 32.7 Å². The highest BCUT2D eigenvalue weighted by Crippen LogP contribution is 2.58. The first kappa shape index (κ1) is 24.6. The van der Waals surface area contributed by atoms with Crippen LogP contribution in [0.2, 0.25) is 0 Å². The summed E-state index contributed by atoms with van der Waals surface area (Å²) in [5.74, 6) is 2.42. The number of benzene rings is 1. The van der Waals surface area contributed by atoms with Crippen LogP contribution in [0, 0.1) is 17.3 Å². The van der Waals surface area contributed by atoms with Crippen LogP contribution in [0.4, 0.5) is 0 Å². The van der Waals surface area contributed by atoms with E-state index >= 15 is 0 Å². The highest BCUT2D eigenvalue weighted by molar-refractivity contribution is 7.53. The van der Waals surface area contributed by atoms with Crippen molar-refractivity contribution in [3.63, 3.8) is 0 Å². The standard InChI is InChI=1S/C24H39O6P/c1-8-28-31(25,29-9-2)15-18-12-19-14-21-23(4,5)17(3)10-11-24(21,6)30-22(19)20(13-18)27-16-26-7/h12-13,17,21H,8-11,14-16H2,1-7H3/t17-,21-,24-/m1/s1. The Kier molecular flexibility index (Phi) is 7.47. The first-order chi connectivity index (χ1) is 14.6. The van der Waals surface area contributed by atoms with Gasteiger partial charge in [0, 0.05) is 13.0 Å². The molecule has 1 aromatic rings. The van der Waals surface area contributed by atoms with E-state index in [1.54, 1.807) is 7.11 Å². The number of hydrogen-bond donors (Lipinski definition) is 0. The van der Waals surface area contributed by atoms with Crippen LogP contribution >= 0.6 is 7.60 Å². The fraction of sp³-hybridized carbons (Fsp3) is 0.750. The van der Waals surface area contributed by atoms with Crippen LogP contribution in [0.15, 0.2) is 12.1 Å². The Hall–Kier alpha value is -1.07. The van der Waals surface area contributed by atoms with Gasteiger partial charge in [-0.2, -0.15) is 0 Å². The Morgan fingerprint density at radius 2 is 1.84 bits per heavy atom. The van der Waals surface area contributed by atoms with Gasteiger partial charge in [0.15, 0.2) is 18.3 Å². The lowest BCUT2D eigenvalue weighted by Gasteiger charge is -2.56. The van der Waals surface area contributed by atoms with Gasteiger partial charge in [0.25, 0.3) is 0 Å². The maximum absolute atomic E-state index is 13.2. The molecule has 31 heavy (non-hydrogen) atoms. The average Bonchev–Trinajstić information content (AvgIpc) is 2.69. The van der Waals surface area contributed by atoms with E-state index in [9.17, 15) is 4.57 Å². The highest BCUT2D eigenvalue weighted by atomic mass is 31.2. The van der Waals surface area contributed by atoms with E-state index < -0.39 is 7.60 Å². The number of methoxy groups -OCH3 is 1. The van der Waals surface area contributed by atoms with Crippen LogP contribution in [-0.2, 0) is 30.9 Å². The molecule has 1 fully saturated rings. The molecule has 3 atom stereocenters. The van der Waals surface area contributed by atoms with Gasteiger partial charge in [-0.1, -0.05) is 26.8 Å². The minimum Gasteiger partial charge on any atom is -0.483 e. The van der Waals surface area contributed by atoms with Crippen LogP contribution in [0.3, 0.4) is 0 Å². The van der Waals surface area contributed by atoms with Crippen molar-refractivity contribution in [3.8, 4) is 11.5 Å². The third kappa shape index (κ3) is 4.98. The first-order valence-electron chi connectivity index (χ1n) is 11.4. The van der Waals surface area contributed by atoms with E-state index in [-0.39, 0.29) is 24.0 Å². The van der Waals surface area contributed by atoms with Gasteiger partial charge in [-0.25, -0.2) is 0 Å². The second-order valence-corrected chi connectivity index (χ2v) is 11.7. The average molecular weight is 455 g/mol. The summed E-state index contributed by atoms with van der Waals surface area (Å²) in [6, 6.07) is 3.98. The summed E-state index contributed by atoms with van der Waals surface area (Å²) in [7, 11) is -1.63. The van der Waals surface area contributed by atoms with E-state index in [1.807, 2.05) is 19.9 Å². The van der Waals surface area contributed by atoms with Crippen molar-refractivity contribution in [2.75, 3.05) is 27.1 Å². The van der Waals surface area contributed by atoms with Crippen LogP contribution < -0.4 is 9.47 Å². The van der Waals surface area contributed by atoms with Gasteiger partial charge in [0.05, 0.1) is 19.4 Å². The molecule has 0 saturated heterocycles. The molecule has 1 aliphatic heterocycles. The SMILES string of the molecule is CCOP(=O)(Cc1cc2c(c(OCOC)c1)O[C@]1(C)CC[C@@H](C)C(C)(C)[C@H]1C2)OCC. The van der Waals surface area contributed by atoms with E-state index in [1.165, 1.54) is 0 Å². The summed E-state index contributed by atoms with van der Waals surface area (Å²) in [5.41, 5.74) is 1.87. The Balaban J connectivity index is 2.02. The monoisotopic (exact) mass is 454 g/mol. The van der Waals surface area contributed by atoms with Gasteiger partial charge in [-0.05, 0) is 68.6 Å². The lowest BCUT2D eigenvalue weighted by Crippen LogP contribution is -2.56. The van der Waals surface area contributed by atoms with Crippen molar-refractivity contribution in [3.05, 3.63) is 23.3 Å². The molecule has 6 nitrogen and oxygen atoms in total. The maximum atomic E-state index is 13.2. The second-order valence-electron chi connectivity index (χ2n) is 9.67. The summed E-state index contributed by atoms with van der Waals surface area (Å²) in [6.45, 7) is 13.8. The van der Waals surface area contributed by atoms with Gasteiger partial charge in [0.2, 0.25) is 0 Å². The molecule has 0 N–H and O–H groups in total. The predicted molar refractivity (Wildman–Crippen MR) is 122 cm³/mol. The molecule has 1 aromatic carbocycles. The molecule has 2 aliphatic rings. The predicted octanol–water partition coefficient (Wildman–Crippen LogP) is 6.20. The summed E-state index contributed by atoms with van der Waals surface area (Å²) >= 11 is 0. The van der Waals surface area contributed by atoms with Crippen LogP contribution in [0.1, 0.15) is 65.5 Å². The molecule has 0 aromatic heterocycles. The van der Waals surface area contributed by atoms with Crippen LogP contribution in [0.25, 0.3) is 0 Å². The Morgan fingerprint density at radius 1 is 1.16 bits per heavy atom. The molecule has 1 aliphatic carbocycles. The lowest BCUT2D eigenvalue weighted by atomic mass is 9.55. The normalized spacial score (nSPS) is 27.2. The third-order valence-corrected chi connectivity index (χ3v) is 9.35. The summed E-state index contributed by atoms with van der Waals surface area (Å²) in [6.07, 6.45) is 3.27. The van der Waals surface area contributed by atoms with Gasteiger partial charge >= 0.3 is 7.60 Å². The molecule has 0 unspecified atom stereocenters. The molecule has 0 radical (unpaired) electrons. The number of hydrogen-bond acceptors (Lipinski definition) is 6. The fourth-order valence-corrected chi connectivity index (χ4v) is 6.96. The van der Waals surface area contributed by atoms with Gasteiger partial charge in [-0.3, -0.25) is 4.57 Å². The summed E-state index contributed by atoms with van der Waals surface area (Å²) < 4.78 is 42.0. The summed E-state index contributed by atoms with van der Waals surface area (Å²) in [5, 5.41) is 0. The molecule has 3 rings (SSSR count). The Morgan fingerprint density at radius 3 is 2.45 bits per heavy atom. The zero-order chi connectivity index (χ0) is 22.9. The van der Waals surface area contributed by atoms with E-state index in [2.05, 4.69) is 33.8 Å². The van der Waals surface area contributed by atoms with E-state index in [0.717, 1.165) is 36.1 Å². The number of fused-ring (bicyclic) bond motifs is 2. The molecule has 7 heteroatoms. The van der Waals surface area contributed by atoms with Crippen molar-refractivity contribution in [1.29, 1.82) is 0 Å². The molecule has 0 amide bonds. The molecule has 0 spiro atoms. The Bertz CT molecular complexity index is 813. The molecular weight excluding hydrogens is 415 g/mol. The van der Waals surface area contributed by atoms with Gasteiger partial charge in [-0.15, -0.1) is 0 Å². The molecule has 0 bridgehead atoms. The molecule has 1 saturated carbocycles.